The number of hydrogen-bond donors (Lipinski definition) is 1. The molecule has 1 N–H and O–H groups in total. The van der Waals surface area contributed by atoms with Crippen LogP contribution in [0, 0.1) is 52.3 Å². The standard InChI is InChI=1S/C28H46O/c1-18(2)19(3)7-8-20(4)24-11-12-25-23-10-9-21-17-22(29)13-15-27(21,5)26(23)14-16-28(24,25)6/h7-8,10,18-22,24-26,29H,9,11-17H2,1-6H3/b8-7+/t19?,20-,21?,22+,24?,25?,26?,27+,28-/m1/s1. The van der Waals surface area contributed by atoms with Crippen LogP contribution in [0.2, 0.25) is 0 Å². The Bertz CT molecular complexity index is 659. The second-order valence-corrected chi connectivity index (χ2v) is 12.3. The Hall–Kier alpha value is -0.560. The van der Waals surface area contributed by atoms with Crippen LogP contribution in [0.1, 0.15) is 92.9 Å². The number of allylic oxidation sites excluding steroid dienone is 4. The zero-order chi connectivity index (χ0) is 21.0. The third kappa shape index (κ3) is 3.58. The lowest BCUT2D eigenvalue weighted by Gasteiger charge is -2.57. The molecule has 0 saturated heterocycles. The molecule has 3 fully saturated rings. The molecule has 0 heterocycles. The first-order chi connectivity index (χ1) is 13.7. The van der Waals surface area contributed by atoms with Crippen LogP contribution in [0.25, 0.3) is 0 Å². The van der Waals surface area contributed by atoms with Crippen LogP contribution in [0.4, 0.5) is 0 Å². The third-order valence-corrected chi connectivity index (χ3v) is 10.5. The minimum Gasteiger partial charge on any atom is -0.393 e. The third-order valence-electron chi connectivity index (χ3n) is 10.5. The maximum Gasteiger partial charge on any atom is 0.0543 e. The van der Waals surface area contributed by atoms with E-state index in [-0.39, 0.29) is 6.10 Å². The summed E-state index contributed by atoms with van der Waals surface area (Å²) in [6.07, 6.45) is 17.8. The fraction of sp³-hybridized carbons (Fsp3) is 0.857. The van der Waals surface area contributed by atoms with Crippen molar-refractivity contribution in [1.82, 2.24) is 0 Å². The summed E-state index contributed by atoms with van der Waals surface area (Å²) in [5.74, 6) is 5.25. The molecule has 164 valence electrons. The Labute approximate surface area is 180 Å². The number of fused-ring (bicyclic) bond motifs is 5. The maximum absolute atomic E-state index is 10.2. The van der Waals surface area contributed by atoms with Crippen LogP contribution in [0.3, 0.4) is 0 Å². The summed E-state index contributed by atoms with van der Waals surface area (Å²) in [6, 6.07) is 0. The summed E-state index contributed by atoms with van der Waals surface area (Å²) in [5.41, 5.74) is 2.79. The molecule has 0 amide bonds. The van der Waals surface area contributed by atoms with E-state index < -0.39 is 0 Å². The molecular formula is C28H46O. The van der Waals surface area contributed by atoms with E-state index in [0.29, 0.717) is 28.6 Å². The first kappa shape index (κ1) is 21.7. The fourth-order valence-corrected chi connectivity index (χ4v) is 8.10. The molecule has 4 aliphatic rings. The van der Waals surface area contributed by atoms with E-state index in [1.54, 1.807) is 0 Å². The van der Waals surface area contributed by atoms with E-state index in [2.05, 4.69) is 59.8 Å². The molecule has 1 nitrogen and oxygen atoms in total. The van der Waals surface area contributed by atoms with Crippen molar-refractivity contribution in [3.63, 3.8) is 0 Å². The van der Waals surface area contributed by atoms with Gasteiger partial charge in [-0.25, -0.2) is 0 Å². The molecule has 0 spiro atoms. The molecule has 0 aromatic rings. The SMILES string of the molecule is CC(C)C(C)/C=C/[C@@H](C)C1CCC2C3=CCC4C[C@@H](O)CC[C@]4(C)C3CC[C@@]21C. The van der Waals surface area contributed by atoms with Gasteiger partial charge in [0.15, 0.2) is 0 Å². The van der Waals surface area contributed by atoms with Crippen molar-refractivity contribution in [2.45, 2.75) is 99.0 Å². The Balaban J connectivity index is 1.54. The second-order valence-electron chi connectivity index (χ2n) is 12.3. The van der Waals surface area contributed by atoms with Gasteiger partial charge in [-0.05, 0) is 104 Å². The van der Waals surface area contributed by atoms with Crippen molar-refractivity contribution < 1.29 is 5.11 Å². The molecule has 5 unspecified atom stereocenters. The summed E-state index contributed by atoms with van der Waals surface area (Å²) in [7, 11) is 0. The minimum atomic E-state index is -0.0476. The van der Waals surface area contributed by atoms with Gasteiger partial charge in [-0.1, -0.05) is 65.3 Å². The van der Waals surface area contributed by atoms with Crippen LogP contribution in [0.15, 0.2) is 23.8 Å². The molecule has 9 atom stereocenters. The minimum absolute atomic E-state index is 0.0476. The van der Waals surface area contributed by atoms with Crippen molar-refractivity contribution in [3.05, 3.63) is 23.8 Å². The zero-order valence-electron chi connectivity index (χ0n) is 20.0. The van der Waals surface area contributed by atoms with Gasteiger partial charge >= 0.3 is 0 Å². The zero-order valence-corrected chi connectivity index (χ0v) is 20.0. The maximum atomic E-state index is 10.2. The summed E-state index contributed by atoms with van der Waals surface area (Å²) in [5, 5.41) is 10.2. The van der Waals surface area contributed by atoms with Crippen molar-refractivity contribution in [2.75, 3.05) is 0 Å². The monoisotopic (exact) mass is 398 g/mol. The number of aliphatic hydroxyl groups excluding tert-OH is 1. The van der Waals surface area contributed by atoms with Crippen LogP contribution < -0.4 is 0 Å². The molecule has 0 aromatic heterocycles. The highest BCUT2D eigenvalue weighted by Crippen LogP contribution is 2.66. The van der Waals surface area contributed by atoms with Gasteiger partial charge in [-0.15, -0.1) is 0 Å². The predicted octanol–water partition coefficient (Wildman–Crippen LogP) is 7.41. The average molecular weight is 399 g/mol. The van der Waals surface area contributed by atoms with E-state index >= 15 is 0 Å². The van der Waals surface area contributed by atoms with Gasteiger partial charge in [0, 0.05) is 0 Å². The highest BCUT2D eigenvalue weighted by atomic mass is 16.3. The molecule has 4 rings (SSSR count). The van der Waals surface area contributed by atoms with E-state index in [4.69, 9.17) is 0 Å². The fourth-order valence-electron chi connectivity index (χ4n) is 8.10. The van der Waals surface area contributed by atoms with Gasteiger partial charge in [0.25, 0.3) is 0 Å². The summed E-state index contributed by atoms with van der Waals surface area (Å²) in [6.45, 7) is 14.7. The summed E-state index contributed by atoms with van der Waals surface area (Å²) in [4.78, 5) is 0. The normalized spacial score (nSPS) is 46.8. The lowest BCUT2D eigenvalue weighted by atomic mass is 9.47. The van der Waals surface area contributed by atoms with Crippen LogP contribution in [0.5, 0.6) is 0 Å². The molecule has 0 aromatic carbocycles. The van der Waals surface area contributed by atoms with Crippen LogP contribution in [-0.2, 0) is 0 Å². The first-order valence-corrected chi connectivity index (χ1v) is 12.7. The molecule has 0 bridgehead atoms. The van der Waals surface area contributed by atoms with E-state index in [1.165, 1.54) is 38.5 Å². The lowest BCUT2D eigenvalue weighted by Crippen LogP contribution is -2.49. The lowest BCUT2D eigenvalue weighted by molar-refractivity contribution is -0.0414. The number of rotatable bonds is 4. The second kappa shape index (κ2) is 7.85. The molecular weight excluding hydrogens is 352 g/mol. The van der Waals surface area contributed by atoms with Crippen LogP contribution >= 0.6 is 0 Å². The van der Waals surface area contributed by atoms with Gasteiger partial charge < -0.3 is 5.11 Å². The van der Waals surface area contributed by atoms with E-state index in [0.717, 1.165) is 36.5 Å². The quantitative estimate of drug-likeness (QED) is 0.489. The largest absolute Gasteiger partial charge is 0.393 e. The highest BCUT2D eigenvalue weighted by molar-refractivity contribution is 5.28. The van der Waals surface area contributed by atoms with Crippen molar-refractivity contribution in [2.24, 2.45) is 52.3 Å². The van der Waals surface area contributed by atoms with Crippen molar-refractivity contribution >= 4 is 0 Å². The molecule has 0 aliphatic heterocycles. The molecule has 29 heavy (non-hydrogen) atoms. The first-order valence-electron chi connectivity index (χ1n) is 12.7. The van der Waals surface area contributed by atoms with Gasteiger partial charge in [-0.2, -0.15) is 0 Å². The molecule has 0 radical (unpaired) electrons. The van der Waals surface area contributed by atoms with Crippen molar-refractivity contribution in [1.29, 1.82) is 0 Å². The predicted molar refractivity (Wildman–Crippen MR) is 124 cm³/mol. The van der Waals surface area contributed by atoms with Gasteiger partial charge in [-0.3, -0.25) is 0 Å². The Morgan fingerprint density at radius 3 is 2.34 bits per heavy atom. The number of aliphatic hydroxyl groups is 1. The Morgan fingerprint density at radius 2 is 1.62 bits per heavy atom. The van der Waals surface area contributed by atoms with Gasteiger partial charge in [0.2, 0.25) is 0 Å². The smallest absolute Gasteiger partial charge is 0.0543 e. The topological polar surface area (TPSA) is 20.2 Å². The highest BCUT2D eigenvalue weighted by Gasteiger charge is 2.57. The molecule has 4 aliphatic carbocycles. The molecule has 1 heteroatoms. The Kier molecular flexibility index (Phi) is 5.86. The van der Waals surface area contributed by atoms with Gasteiger partial charge in [0.05, 0.1) is 6.10 Å². The summed E-state index contributed by atoms with van der Waals surface area (Å²) < 4.78 is 0. The number of hydrogen-bond acceptors (Lipinski definition) is 1. The van der Waals surface area contributed by atoms with Gasteiger partial charge in [0.1, 0.15) is 0 Å². The van der Waals surface area contributed by atoms with E-state index in [1.807, 2.05) is 5.57 Å². The molecule has 3 saturated carbocycles. The average Bonchev–Trinajstić information content (AvgIpc) is 3.03. The summed E-state index contributed by atoms with van der Waals surface area (Å²) >= 11 is 0. The van der Waals surface area contributed by atoms with E-state index in [9.17, 15) is 5.11 Å². The van der Waals surface area contributed by atoms with Crippen LogP contribution in [-0.4, -0.2) is 11.2 Å². The van der Waals surface area contributed by atoms with Crippen molar-refractivity contribution in [3.8, 4) is 0 Å². The Morgan fingerprint density at radius 1 is 0.931 bits per heavy atom.